The van der Waals surface area contributed by atoms with E-state index < -0.39 is 30.4 Å². The fraction of sp³-hybridized carbons (Fsp3) is 0.438. The quantitative estimate of drug-likeness (QED) is 0.263. The second-order valence-electron chi connectivity index (χ2n) is 13.0. The van der Waals surface area contributed by atoms with Crippen molar-refractivity contribution >= 4 is 30.4 Å². The zero-order valence-corrected chi connectivity index (χ0v) is 27.3. The predicted octanol–water partition coefficient (Wildman–Crippen LogP) is 9.06. The normalized spacial score (nSPS) is 13.5. The van der Waals surface area contributed by atoms with Crippen LogP contribution in [0.25, 0.3) is 0 Å². The van der Waals surface area contributed by atoms with E-state index in [0.29, 0.717) is 4.90 Å². The van der Waals surface area contributed by atoms with Crippen molar-refractivity contribution in [1.29, 1.82) is 0 Å². The van der Waals surface area contributed by atoms with Gasteiger partial charge in [-0.1, -0.05) is 0 Å². The molecule has 0 spiro atoms. The molecule has 0 atom stereocenters. The van der Waals surface area contributed by atoms with E-state index in [4.69, 9.17) is 2.51 Å². The molecule has 0 fully saturated rings. The summed E-state index contributed by atoms with van der Waals surface area (Å²) in [4.78, 5) is 0.292. The monoisotopic (exact) mass is 634 g/mol. The van der Waals surface area contributed by atoms with E-state index in [9.17, 15) is 8.42 Å². The Morgan fingerprint density at radius 3 is 1.19 bits per heavy atom. The maximum absolute atomic E-state index is 13.9. The van der Waals surface area contributed by atoms with E-state index in [1.54, 1.807) is 0 Å². The van der Waals surface area contributed by atoms with Crippen molar-refractivity contribution in [2.75, 3.05) is 0 Å². The third-order valence-electron chi connectivity index (χ3n) is 6.54. The third kappa shape index (κ3) is 7.04. The van der Waals surface area contributed by atoms with Gasteiger partial charge in [0.15, 0.2) is 0 Å². The molecule has 0 saturated carbocycles. The standard InChI is InChI=1S/C32H43IO3S/c1-22-20-26(32(9,10)11)21-23(2)29(22)37(34,35)36-33(27-16-12-24(13-17-27)30(3,4)5)28-18-14-25(15-19-28)31(6,7)8/h12-21H,1-11H3. The summed E-state index contributed by atoms with van der Waals surface area (Å²) < 4.78 is 35.9. The second kappa shape index (κ2) is 10.5. The van der Waals surface area contributed by atoms with Crippen molar-refractivity contribution in [3.05, 3.63) is 95.6 Å². The first-order valence-electron chi connectivity index (χ1n) is 12.8. The van der Waals surface area contributed by atoms with Gasteiger partial charge in [-0.15, -0.1) is 0 Å². The summed E-state index contributed by atoms with van der Waals surface area (Å²) in [6, 6.07) is 20.6. The van der Waals surface area contributed by atoms with Crippen molar-refractivity contribution < 1.29 is 10.9 Å². The number of benzene rings is 3. The van der Waals surface area contributed by atoms with Crippen LogP contribution < -0.4 is 0 Å². The molecule has 0 amide bonds. The Labute approximate surface area is 233 Å². The average Bonchev–Trinajstić information content (AvgIpc) is 2.75. The number of halogens is 1. The zero-order valence-electron chi connectivity index (χ0n) is 24.3. The fourth-order valence-electron chi connectivity index (χ4n) is 4.22. The van der Waals surface area contributed by atoms with Crippen LogP contribution in [-0.2, 0) is 28.9 Å². The van der Waals surface area contributed by atoms with Crippen molar-refractivity contribution in [3.63, 3.8) is 0 Å². The van der Waals surface area contributed by atoms with Crippen molar-refractivity contribution in [3.8, 4) is 0 Å². The van der Waals surface area contributed by atoms with Gasteiger partial charge in [0, 0.05) is 0 Å². The van der Waals surface area contributed by atoms with Gasteiger partial charge < -0.3 is 0 Å². The van der Waals surface area contributed by atoms with Crippen LogP contribution in [0.3, 0.4) is 0 Å². The molecule has 0 bridgehead atoms. The molecule has 0 N–H and O–H groups in total. The van der Waals surface area contributed by atoms with E-state index in [2.05, 4.69) is 111 Å². The Hall–Kier alpha value is -1.70. The average molecular weight is 635 g/mol. The minimum atomic E-state index is -3.99. The van der Waals surface area contributed by atoms with Gasteiger partial charge in [-0.2, -0.15) is 0 Å². The molecular formula is C32H43IO3S. The van der Waals surface area contributed by atoms with Gasteiger partial charge in [-0.25, -0.2) is 0 Å². The summed E-state index contributed by atoms with van der Waals surface area (Å²) in [6.07, 6.45) is 0. The molecule has 0 heterocycles. The van der Waals surface area contributed by atoms with Gasteiger partial charge in [0.25, 0.3) is 0 Å². The number of rotatable bonds is 5. The summed E-state index contributed by atoms with van der Waals surface area (Å²) >= 11 is -2.80. The Morgan fingerprint density at radius 1 is 0.568 bits per heavy atom. The SMILES string of the molecule is Cc1cc(C(C)(C)C)cc(C)c1S(=O)(=O)OI(c1ccc(C(C)(C)C)cc1)c1ccc(C(C)(C)C)cc1. The fourth-order valence-corrected chi connectivity index (χ4v) is 11.5. The molecule has 37 heavy (non-hydrogen) atoms. The third-order valence-corrected chi connectivity index (χ3v) is 14.2. The van der Waals surface area contributed by atoms with Crippen LogP contribution in [0, 0.1) is 21.0 Å². The van der Waals surface area contributed by atoms with Gasteiger partial charge in [-0.3, -0.25) is 0 Å². The van der Waals surface area contributed by atoms with Crippen LogP contribution in [0.4, 0.5) is 0 Å². The van der Waals surface area contributed by atoms with E-state index in [1.807, 2.05) is 26.0 Å². The Kier molecular flexibility index (Phi) is 8.44. The second-order valence-corrected chi connectivity index (χ2v) is 19.4. The predicted molar refractivity (Wildman–Crippen MR) is 165 cm³/mol. The molecule has 0 saturated heterocycles. The van der Waals surface area contributed by atoms with Gasteiger partial charge >= 0.3 is 234 Å². The van der Waals surface area contributed by atoms with Gasteiger partial charge in [0.1, 0.15) is 0 Å². The Bertz CT molecular complexity index is 1270. The van der Waals surface area contributed by atoms with Crippen LogP contribution in [0.2, 0.25) is 0 Å². The van der Waals surface area contributed by atoms with Crippen LogP contribution in [0.5, 0.6) is 0 Å². The molecule has 0 aliphatic carbocycles. The van der Waals surface area contributed by atoms with E-state index >= 15 is 0 Å². The molecule has 3 nitrogen and oxygen atoms in total. The van der Waals surface area contributed by atoms with E-state index in [-0.39, 0.29) is 16.2 Å². The topological polar surface area (TPSA) is 43.4 Å². The van der Waals surface area contributed by atoms with Gasteiger partial charge in [0.05, 0.1) is 0 Å². The zero-order chi connectivity index (χ0) is 28.0. The van der Waals surface area contributed by atoms with E-state index in [0.717, 1.165) is 23.8 Å². The summed E-state index contributed by atoms with van der Waals surface area (Å²) in [5.74, 6) is 0. The number of aryl methyl sites for hydroxylation is 2. The van der Waals surface area contributed by atoms with Crippen LogP contribution in [0.1, 0.15) is 90.1 Å². The molecule has 3 aromatic carbocycles. The summed E-state index contributed by atoms with van der Waals surface area (Å²) in [5, 5.41) is 0. The molecule has 0 aliphatic heterocycles. The molecule has 0 unspecified atom stereocenters. The Balaban J connectivity index is 2.11. The molecule has 0 aliphatic rings. The van der Waals surface area contributed by atoms with Crippen molar-refractivity contribution in [1.82, 2.24) is 0 Å². The van der Waals surface area contributed by atoms with Crippen molar-refractivity contribution in [2.45, 2.75) is 97.3 Å². The first-order valence-corrected chi connectivity index (χ1v) is 17.2. The molecule has 5 heteroatoms. The number of hydrogen-bond acceptors (Lipinski definition) is 3. The molecule has 3 rings (SSSR count). The molecule has 202 valence electrons. The van der Waals surface area contributed by atoms with Gasteiger partial charge in [0.2, 0.25) is 0 Å². The van der Waals surface area contributed by atoms with Gasteiger partial charge in [-0.05, 0) is 0 Å². The summed E-state index contributed by atoms with van der Waals surface area (Å²) in [5.41, 5.74) is 4.96. The van der Waals surface area contributed by atoms with Crippen LogP contribution in [0.15, 0.2) is 65.6 Å². The number of hydrogen-bond donors (Lipinski definition) is 0. The molecule has 0 radical (unpaired) electrons. The maximum atomic E-state index is 13.9. The van der Waals surface area contributed by atoms with E-state index in [1.165, 1.54) is 11.1 Å². The first kappa shape index (κ1) is 29.9. The minimum absolute atomic E-state index is 0.0158. The molecule has 3 aromatic rings. The first-order chi connectivity index (χ1) is 16.8. The summed E-state index contributed by atoms with van der Waals surface area (Å²) in [7, 11) is -3.99. The Morgan fingerprint density at radius 2 is 0.892 bits per heavy atom. The van der Waals surface area contributed by atoms with Crippen molar-refractivity contribution in [2.24, 2.45) is 0 Å². The molecule has 0 aromatic heterocycles. The van der Waals surface area contributed by atoms with Crippen LogP contribution in [-0.4, -0.2) is 8.42 Å². The molecular weight excluding hydrogens is 591 g/mol. The van der Waals surface area contributed by atoms with Crippen LogP contribution >= 0.6 is 20.2 Å². The summed E-state index contributed by atoms with van der Waals surface area (Å²) in [6.45, 7) is 23.2.